The third-order valence-electron chi connectivity index (χ3n) is 2.77. The van der Waals surface area contributed by atoms with Crippen molar-refractivity contribution >= 4 is 15.9 Å². The molecule has 1 saturated heterocycles. The van der Waals surface area contributed by atoms with Crippen LogP contribution in [0.15, 0.2) is 16.6 Å². The molecule has 0 amide bonds. The highest BCUT2D eigenvalue weighted by atomic mass is 79.9. The number of piperazine rings is 1. The topological polar surface area (TPSA) is 15.3 Å². The second-order valence-electron chi connectivity index (χ2n) is 4.05. The molecular formula is C13H13BrF2N2. The van der Waals surface area contributed by atoms with Gasteiger partial charge in [-0.1, -0.05) is 11.8 Å². The maximum atomic E-state index is 13.6. The van der Waals surface area contributed by atoms with E-state index in [9.17, 15) is 8.78 Å². The SMILES string of the molecule is Fc1ccc(Br)c(F)c1C#CCN1CCNCC1. The van der Waals surface area contributed by atoms with Crippen molar-refractivity contribution in [2.45, 2.75) is 0 Å². The lowest BCUT2D eigenvalue weighted by molar-refractivity contribution is 0.268. The molecule has 0 aliphatic carbocycles. The van der Waals surface area contributed by atoms with E-state index in [1.54, 1.807) is 0 Å². The summed E-state index contributed by atoms with van der Waals surface area (Å²) < 4.78 is 27.3. The highest BCUT2D eigenvalue weighted by Gasteiger charge is 2.10. The van der Waals surface area contributed by atoms with Crippen molar-refractivity contribution in [1.29, 1.82) is 0 Å². The molecule has 1 N–H and O–H groups in total. The van der Waals surface area contributed by atoms with Crippen LogP contribution < -0.4 is 5.32 Å². The number of benzene rings is 1. The first kappa shape index (κ1) is 13.5. The molecule has 0 spiro atoms. The first-order valence-corrected chi connectivity index (χ1v) is 6.53. The zero-order chi connectivity index (χ0) is 13.0. The molecule has 1 aliphatic rings. The van der Waals surface area contributed by atoms with Gasteiger partial charge in [0.25, 0.3) is 0 Å². The Bertz CT molecular complexity index is 488. The molecule has 0 unspecified atom stereocenters. The molecule has 1 aliphatic heterocycles. The van der Waals surface area contributed by atoms with Crippen LogP contribution in [0.4, 0.5) is 8.78 Å². The second kappa shape index (κ2) is 6.28. The smallest absolute Gasteiger partial charge is 0.155 e. The summed E-state index contributed by atoms with van der Waals surface area (Å²) >= 11 is 3.02. The zero-order valence-corrected chi connectivity index (χ0v) is 11.4. The molecule has 0 saturated carbocycles. The van der Waals surface area contributed by atoms with Gasteiger partial charge in [0.2, 0.25) is 0 Å². The molecule has 1 heterocycles. The first-order valence-electron chi connectivity index (χ1n) is 5.74. The van der Waals surface area contributed by atoms with Crippen LogP contribution >= 0.6 is 15.9 Å². The van der Waals surface area contributed by atoms with Crippen LogP contribution in [0.2, 0.25) is 0 Å². The molecule has 5 heteroatoms. The van der Waals surface area contributed by atoms with E-state index in [1.165, 1.54) is 12.1 Å². The van der Waals surface area contributed by atoms with Crippen molar-refractivity contribution in [3.8, 4) is 11.8 Å². The molecular weight excluding hydrogens is 302 g/mol. The highest BCUT2D eigenvalue weighted by Crippen LogP contribution is 2.20. The predicted molar refractivity (Wildman–Crippen MR) is 70.2 cm³/mol. The number of nitrogens with one attached hydrogen (secondary N) is 1. The van der Waals surface area contributed by atoms with Crippen LogP contribution in [0.1, 0.15) is 5.56 Å². The zero-order valence-electron chi connectivity index (χ0n) is 9.77. The van der Waals surface area contributed by atoms with E-state index in [4.69, 9.17) is 0 Å². The number of halogens is 3. The minimum absolute atomic E-state index is 0.167. The molecule has 2 rings (SSSR count). The Balaban J connectivity index is 2.07. The third kappa shape index (κ3) is 3.29. The Labute approximate surface area is 113 Å². The van der Waals surface area contributed by atoms with Crippen LogP contribution in [-0.4, -0.2) is 37.6 Å². The first-order chi connectivity index (χ1) is 8.68. The van der Waals surface area contributed by atoms with E-state index in [0.29, 0.717) is 6.54 Å². The van der Waals surface area contributed by atoms with E-state index in [2.05, 4.69) is 38.0 Å². The molecule has 0 radical (unpaired) electrons. The summed E-state index contributed by atoms with van der Waals surface area (Å²) in [6.45, 7) is 4.23. The molecule has 0 bridgehead atoms. The van der Waals surface area contributed by atoms with Gasteiger partial charge in [0, 0.05) is 26.2 Å². The van der Waals surface area contributed by atoms with E-state index in [1.807, 2.05) is 0 Å². The van der Waals surface area contributed by atoms with Crippen molar-refractivity contribution in [3.63, 3.8) is 0 Å². The van der Waals surface area contributed by atoms with Gasteiger partial charge in [-0.3, -0.25) is 4.90 Å². The van der Waals surface area contributed by atoms with E-state index in [0.717, 1.165) is 26.2 Å². The fraction of sp³-hybridized carbons (Fsp3) is 0.385. The van der Waals surface area contributed by atoms with Gasteiger partial charge in [0.15, 0.2) is 5.82 Å². The molecule has 96 valence electrons. The van der Waals surface area contributed by atoms with Crippen molar-refractivity contribution in [1.82, 2.24) is 10.2 Å². The van der Waals surface area contributed by atoms with Gasteiger partial charge < -0.3 is 5.32 Å². The summed E-state index contributed by atoms with van der Waals surface area (Å²) in [5, 5.41) is 3.23. The normalized spacial score (nSPS) is 16.2. The van der Waals surface area contributed by atoms with Crippen molar-refractivity contribution in [3.05, 3.63) is 33.8 Å². The second-order valence-corrected chi connectivity index (χ2v) is 4.90. The van der Waals surface area contributed by atoms with Gasteiger partial charge in [-0.2, -0.15) is 0 Å². The fourth-order valence-corrected chi connectivity index (χ4v) is 2.08. The molecule has 0 atom stereocenters. The largest absolute Gasteiger partial charge is 0.314 e. The summed E-state index contributed by atoms with van der Waals surface area (Å²) in [5.74, 6) is 4.15. The lowest BCUT2D eigenvalue weighted by atomic mass is 10.2. The van der Waals surface area contributed by atoms with E-state index >= 15 is 0 Å². The highest BCUT2D eigenvalue weighted by molar-refractivity contribution is 9.10. The molecule has 18 heavy (non-hydrogen) atoms. The van der Waals surface area contributed by atoms with Gasteiger partial charge in [-0.25, -0.2) is 8.78 Å². The molecule has 2 nitrogen and oxygen atoms in total. The maximum absolute atomic E-state index is 13.6. The lowest BCUT2D eigenvalue weighted by Gasteiger charge is -2.24. The number of nitrogens with zero attached hydrogens (tertiary/aromatic N) is 1. The van der Waals surface area contributed by atoms with Crippen LogP contribution in [0, 0.1) is 23.5 Å². The summed E-state index contributed by atoms with van der Waals surface area (Å²) in [7, 11) is 0. The fourth-order valence-electron chi connectivity index (χ4n) is 1.75. The minimum atomic E-state index is -0.636. The van der Waals surface area contributed by atoms with Crippen molar-refractivity contribution in [2.75, 3.05) is 32.7 Å². The number of hydrogen-bond donors (Lipinski definition) is 1. The minimum Gasteiger partial charge on any atom is -0.314 e. The van der Waals surface area contributed by atoms with Crippen molar-refractivity contribution in [2.24, 2.45) is 0 Å². The van der Waals surface area contributed by atoms with Crippen LogP contribution in [0.5, 0.6) is 0 Å². The summed E-state index contributed by atoms with van der Waals surface area (Å²) in [6, 6.07) is 2.55. The molecule has 1 aromatic carbocycles. The quantitative estimate of drug-likeness (QED) is 0.630. The average molecular weight is 315 g/mol. The molecule has 1 fully saturated rings. The van der Waals surface area contributed by atoms with Crippen molar-refractivity contribution < 1.29 is 8.78 Å². The third-order valence-corrected chi connectivity index (χ3v) is 3.38. The van der Waals surface area contributed by atoms with Gasteiger partial charge in [0.1, 0.15) is 5.82 Å². The number of rotatable bonds is 1. The molecule has 1 aromatic rings. The Hall–Kier alpha value is -0.960. The van der Waals surface area contributed by atoms with Gasteiger partial charge in [0.05, 0.1) is 16.6 Å². The Morgan fingerprint density at radius 1 is 1.28 bits per heavy atom. The van der Waals surface area contributed by atoms with Gasteiger partial charge in [-0.05, 0) is 28.1 Å². The Kier molecular flexibility index (Phi) is 4.70. The number of hydrogen-bond acceptors (Lipinski definition) is 2. The monoisotopic (exact) mass is 314 g/mol. The van der Waals surface area contributed by atoms with E-state index in [-0.39, 0.29) is 10.0 Å². The summed E-state index contributed by atoms with van der Waals surface area (Å²) in [6.07, 6.45) is 0. The van der Waals surface area contributed by atoms with E-state index < -0.39 is 11.6 Å². The summed E-state index contributed by atoms with van der Waals surface area (Å²) in [4.78, 5) is 2.15. The van der Waals surface area contributed by atoms with Gasteiger partial charge >= 0.3 is 0 Å². The average Bonchev–Trinajstić information content (AvgIpc) is 2.39. The van der Waals surface area contributed by atoms with Crippen LogP contribution in [-0.2, 0) is 0 Å². The Morgan fingerprint density at radius 3 is 2.72 bits per heavy atom. The van der Waals surface area contributed by atoms with Crippen LogP contribution in [0.25, 0.3) is 0 Å². The van der Waals surface area contributed by atoms with Gasteiger partial charge in [-0.15, -0.1) is 0 Å². The Morgan fingerprint density at radius 2 is 2.00 bits per heavy atom. The maximum Gasteiger partial charge on any atom is 0.155 e. The lowest BCUT2D eigenvalue weighted by Crippen LogP contribution is -2.43. The van der Waals surface area contributed by atoms with Crippen LogP contribution in [0.3, 0.4) is 0 Å². The summed E-state index contributed by atoms with van der Waals surface area (Å²) in [5.41, 5.74) is -0.167. The molecule has 0 aromatic heterocycles. The standard InChI is InChI=1S/C13H13BrF2N2/c14-11-3-4-12(15)10(13(11)16)2-1-7-18-8-5-17-6-9-18/h3-4,17H,5-9H2. The predicted octanol–water partition coefficient (Wildman–Crippen LogP) is 1.98.